The predicted octanol–water partition coefficient (Wildman–Crippen LogP) is 2.71. The summed E-state index contributed by atoms with van der Waals surface area (Å²) in [6, 6.07) is 6.44. The van der Waals surface area contributed by atoms with Gasteiger partial charge in [0.25, 0.3) is 5.91 Å². The molecule has 37 heavy (non-hydrogen) atoms. The number of hydrogen-bond donors (Lipinski definition) is 1. The van der Waals surface area contributed by atoms with E-state index in [1.165, 1.54) is 0 Å². The molecule has 3 aliphatic rings. The Hall–Kier alpha value is -2.30. The van der Waals surface area contributed by atoms with Crippen molar-refractivity contribution in [1.29, 1.82) is 0 Å². The van der Waals surface area contributed by atoms with E-state index in [4.69, 9.17) is 4.74 Å². The molecule has 2 bridgehead atoms. The number of carbonyl (C=O) groups is 3. The molecule has 3 fully saturated rings. The van der Waals surface area contributed by atoms with Gasteiger partial charge in [-0.1, -0.05) is 28.1 Å². The molecule has 0 aromatic heterocycles. The molecule has 0 saturated carbocycles. The molecule has 3 saturated heterocycles. The van der Waals surface area contributed by atoms with E-state index in [2.05, 4.69) is 29.1 Å². The van der Waals surface area contributed by atoms with Crippen molar-refractivity contribution in [1.82, 2.24) is 9.80 Å². The highest BCUT2D eigenvalue weighted by Crippen LogP contribution is 2.68. The van der Waals surface area contributed by atoms with Gasteiger partial charge >= 0.3 is 0 Å². The fourth-order valence-corrected chi connectivity index (χ4v) is 9.67. The van der Waals surface area contributed by atoms with Gasteiger partial charge in [0.2, 0.25) is 11.8 Å². The number of benzene rings is 1. The van der Waals surface area contributed by atoms with E-state index in [1.54, 1.807) is 64.9 Å². The number of anilines is 1. The van der Waals surface area contributed by atoms with Crippen LogP contribution in [0.5, 0.6) is 5.75 Å². The highest BCUT2D eigenvalue weighted by molar-refractivity contribution is 9.09. The Morgan fingerprint density at radius 2 is 1.92 bits per heavy atom. The molecule has 3 amide bonds. The summed E-state index contributed by atoms with van der Waals surface area (Å²) in [6.45, 7) is 8.38. The Morgan fingerprint density at radius 1 is 1.24 bits per heavy atom. The summed E-state index contributed by atoms with van der Waals surface area (Å²) in [5, 5.41) is 9.45. The lowest BCUT2D eigenvalue weighted by atomic mass is 9.70. The molecule has 1 aromatic carbocycles. The topological polar surface area (TPSA) is 90.4 Å². The summed E-state index contributed by atoms with van der Waals surface area (Å²) < 4.78 is 4.53. The first-order valence-corrected chi connectivity index (χ1v) is 14.2. The molecule has 3 unspecified atom stereocenters. The second-order valence-corrected chi connectivity index (χ2v) is 12.4. The quantitative estimate of drug-likeness (QED) is 0.314. The SMILES string of the molecule is C=CCN(C)C(=O)[C@H]1[C@@H]2SC3(CC2Br)C(C(=O)N(CC=C)c2ccc(OC)cc2)N(CCCO)C(=O)[C@H]13. The van der Waals surface area contributed by atoms with Crippen LogP contribution in [0.2, 0.25) is 0 Å². The van der Waals surface area contributed by atoms with Gasteiger partial charge in [0.15, 0.2) is 0 Å². The van der Waals surface area contributed by atoms with Gasteiger partial charge < -0.3 is 24.5 Å². The Kier molecular flexibility index (Phi) is 8.40. The lowest BCUT2D eigenvalue weighted by Gasteiger charge is -2.38. The number of aliphatic hydroxyl groups excluding tert-OH is 1. The number of hydrogen-bond acceptors (Lipinski definition) is 6. The number of likely N-dealkylation sites (N-methyl/N-ethyl adjacent to an activating group) is 1. The van der Waals surface area contributed by atoms with Gasteiger partial charge in [0, 0.05) is 49.1 Å². The van der Waals surface area contributed by atoms with E-state index in [0.717, 1.165) is 0 Å². The van der Waals surface area contributed by atoms with E-state index in [1.807, 2.05) is 12.1 Å². The number of ether oxygens (including phenoxy) is 1. The van der Waals surface area contributed by atoms with Crippen LogP contribution < -0.4 is 9.64 Å². The fraction of sp³-hybridized carbons (Fsp3) is 0.519. The fourth-order valence-electron chi connectivity index (χ4n) is 6.07. The molecule has 1 spiro atoms. The Balaban J connectivity index is 1.77. The number of rotatable bonds is 11. The number of amides is 3. The summed E-state index contributed by atoms with van der Waals surface area (Å²) in [4.78, 5) is 46.9. The molecular weight excluding hydrogens is 558 g/mol. The van der Waals surface area contributed by atoms with Crippen molar-refractivity contribution in [2.45, 2.75) is 33.7 Å². The average molecular weight is 593 g/mol. The summed E-state index contributed by atoms with van der Waals surface area (Å²) in [7, 11) is 3.30. The van der Waals surface area contributed by atoms with Crippen LogP contribution in [-0.4, -0.2) is 93.9 Å². The zero-order valence-corrected chi connectivity index (χ0v) is 23.6. The van der Waals surface area contributed by atoms with E-state index >= 15 is 0 Å². The number of alkyl halides is 1. The molecule has 200 valence electrons. The first-order valence-electron chi connectivity index (χ1n) is 12.4. The number of likely N-dealkylation sites (tertiary alicyclic amines) is 1. The number of methoxy groups -OCH3 is 1. The molecule has 0 radical (unpaired) electrons. The van der Waals surface area contributed by atoms with Gasteiger partial charge in [0.1, 0.15) is 11.8 Å². The van der Waals surface area contributed by atoms with Crippen molar-refractivity contribution in [2.75, 3.05) is 45.3 Å². The van der Waals surface area contributed by atoms with Crippen LogP contribution in [0.15, 0.2) is 49.6 Å². The normalized spacial score (nSPS) is 29.7. The Labute approximate surface area is 230 Å². The third kappa shape index (κ3) is 4.61. The van der Waals surface area contributed by atoms with Gasteiger partial charge in [-0.05, 0) is 37.1 Å². The van der Waals surface area contributed by atoms with Gasteiger partial charge in [-0.3, -0.25) is 14.4 Å². The number of nitrogens with zero attached hydrogens (tertiary/aromatic N) is 3. The summed E-state index contributed by atoms with van der Waals surface area (Å²) >= 11 is 5.39. The zero-order chi connectivity index (χ0) is 26.9. The maximum absolute atomic E-state index is 14.4. The van der Waals surface area contributed by atoms with Crippen LogP contribution in [0.4, 0.5) is 5.69 Å². The second kappa shape index (κ2) is 11.2. The molecule has 0 aliphatic carbocycles. The third-order valence-electron chi connectivity index (χ3n) is 7.61. The summed E-state index contributed by atoms with van der Waals surface area (Å²) in [6.07, 6.45) is 4.28. The van der Waals surface area contributed by atoms with Gasteiger partial charge in [-0.2, -0.15) is 0 Å². The minimum absolute atomic E-state index is 0.00503. The van der Waals surface area contributed by atoms with Crippen molar-refractivity contribution in [3.63, 3.8) is 0 Å². The summed E-state index contributed by atoms with van der Waals surface area (Å²) in [5.41, 5.74) is 0.673. The van der Waals surface area contributed by atoms with Crippen LogP contribution in [0.1, 0.15) is 12.8 Å². The largest absolute Gasteiger partial charge is 0.497 e. The lowest BCUT2D eigenvalue weighted by molar-refractivity contribution is -0.143. The van der Waals surface area contributed by atoms with Gasteiger partial charge in [-0.25, -0.2) is 0 Å². The smallest absolute Gasteiger partial charge is 0.251 e. The number of carbonyl (C=O) groups excluding carboxylic acids is 3. The molecule has 1 aromatic rings. The van der Waals surface area contributed by atoms with E-state index in [-0.39, 0.29) is 47.5 Å². The zero-order valence-electron chi connectivity index (χ0n) is 21.2. The van der Waals surface area contributed by atoms with Crippen LogP contribution in [0.3, 0.4) is 0 Å². The van der Waals surface area contributed by atoms with Crippen LogP contribution in [0, 0.1) is 11.8 Å². The molecule has 6 atom stereocenters. The maximum atomic E-state index is 14.4. The van der Waals surface area contributed by atoms with Crippen molar-refractivity contribution < 1.29 is 24.2 Å². The molecule has 3 heterocycles. The van der Waals surface area contributed by atoms with Gasteiger partial charge in [-0.15, -0.1) is 24.9 Å². The summed E-state index contributed by atoms with van der Waals surface area (Å²) in [5.74, 6) is -0.964. The number of fused-ring (bicyclic) bond motifs is 1. The Morgan fingerprint density at radius 3 is 2.51 bits per heavy atom. The second-order valence-electron chi connectivity index (χ2n) is 9.72. The molecular formula is C27H34BrN3O5S. The molecule has 1 N–H and O–H groups in total. The van der Waals surface area contributed by atoms with E-state index < -0.39 is 22.6 Å². The first kappa shape index (κ1) is 27.7. The molecule has 4 rings (SSSR count). The molecule has 3 aliphatic heterocycles. The van der Waals surface area contributed by atoms with Gasteiger partial charge in [0.05, 0.1) is 23.7 Å². The average Bonchev–Trinajstić information content (AvgIpc) is 3.48. The van der Waals surface area contributed by atoms with E-state index in [0.29, 0.717) is 30.8 Å². The first-order chi connectivity index (χ1) is 17.7. The number of halogens is 1. The van der Waals surface area contributed by atoms with Crippen LogP contribution in [-0.2, 0) is 14.4 Å². The monoisotopic (exact) mass is 591 g/mol. The lowest BCUT2D eigenvalue weighted by Crippen LogP contribution is -2.56. The van der Waals surface area contributed by atoms with Crippen LogP contribution in [0.25, 0.3) is 0 Å². The predicted molar refractivity (Wildman–Crippen MR) is 149 cm³/mol. The minimum Gasteiger partial charge on any atom is -0.497 e. The van der Waals surface area contributed by atoms with Crippen molar-refractivity contribution in [3.05, 3.63) is 49.6 Å². The minimum atomic E-state index is -0.767. The Bertz CT molecular complexity index is 1070. The number of aliphatic hydroxyl groups is 1. The van der Waals surface area contributed by atoms with Crippen LogP contribution >= 0.6 is 27.7 Å². The highest BCUT2D eigenvalue weighted by Gasteiger charge is 2.75. The molecule has 10 heteroatoms. The maximum Gasteiger partial charge on any atom is 0.251 e. The highest BCUT2D eigenvalue weighted by atomic mass is 79.9. The van der Waals surface area contributed by atoms with Crippen molar-refractivity contribution in [2.24, 2.45) is 11.8 Å². The van der Waals surface area contributed by atoms with E-state index in [9.17, 15) is 19.5 Å². The standard InChI is InChI=1S/C27H34BrN3O5S/c1-5-12-29(3)24(33)20-21-25(34)31(14-7-15-32)23(27(21)16-19(28)22(20)37-27)26(35)30(13-6-2)17-8-10-18(36-4)11-9-17/h5-6,8-11,19-23,32H,1-2,7,12-16H2,3-4H3/t19?,20-,21+,22-,23?,27?/m1/s1. The van der Waals surface area contributed by atoms with Crippen molar-refractivity contribution in [3.8, 4) is 5.75 Å². The third-order valence-corrected chi connectivity index (χ3v) is 10.8. The molecule has 8 nitrogen and oxygen atoms in total. The number of thioether (sulfide) groups is 1. The van der Waals surface area contributed by atoms with Crippen molar-refractivity contribution >= 4 is 51.1 Å².